The summed E-state index contributed by atoms with van der Waals surface area (Å²) in [6.07, 6.45) is 3.62. The van der Waals surface area contributed by atoms with Crippen LogP contribution in [0.5, 0.6) is 0 Å². The monoisotopic (exact) mass is 304 g/mol. The Morgan fingerprint density at radius 3 is 2.80 bits per heavy atom. The molecule has 78 valence electrons. The molecule has 0 N–H and O–H groups in total. The number of hydrogen-bond donors (Lipinski definition) is 0. The molecule has 2 nitrogen and oxygen atoms in total. The van der Waals surface area contributed by atoms with Gasteiger partial charge in [-0.2, -0.15) is 0 Å². The van der Waals surface area contributed by atoms with Gasteiger partial charge in [0.2, 0.25) is 0 Å². The minimum atomic E-state index is 0.418. The zero-order chi connectivity index (χ0) is 10.8. The predicted octanol–water partition coefficient (Wildman–Crippen LogP) is 4.03. The molecule has 1 heterocycles. The average molecular weight is 306 g/mol. The van der Waals surface area contributed by atoms with Crippen LogP contribution in [0.1, 0.15) is 5.69 Å². The highest BCUT2D eigenvalue weighted by molar-refractivity contribution is 9.10. The van der Waals surface area contributed by atoms with Crippen molar-refractivity contribution in [2.75, 3.05) is 0 Å². The molecule has 0 atom stereocenters. The molecular weight excluding hydrogens is 299 g/mol. The zero-order valence-corrected chi connectivity index (χ0v) is 10.7. The SMILES string of the molecule is ClCc1cn(-c2ccc(Cl)c(Br)c2)cn1. The van der Waals surface area contributed by atoms with E-state index in [0.29, 0.717) is 10.9 Å². The number of rotatable bonds is 2. The van der Waals surface area contributed by atoms with Crippen molar-refractivity contribution in [1.82, 2.24) is 9.55 Å². The summed E-state index contributed by atoms with van der Waals surface area (Å²) in [4.78, 5) is 4.15. The summed E-state index contributed by atoms with van der Waals surface area (Å²) < 4.78 is 2.77. The molecular formula is C10H7BrCl2N2. The summed E-state index contributed by atoms with van der Waals surface area (Å²) in [6, 6.07) is 5.69. The molecule has 0 saturated carbocycles. The fourth-order valence-corrected chi connectivity index (χ4v) is 1.84. The first-order valence-electron chi connectivity index (χ1n) is 4.25. The van der Waals surface area contributed by atoms with Gasteiger partial charge in [-0.25, -0.2) is 4.98 Å². The van der Waals surface area contributed by atoms with Crippen LogP contribution in [0.15, 0.2) is 35.2 Å². The van der Waals surface area contributed by atoms with Gasteiger partial charge in [-0.3, -0.25) is 0 Å². The van der Waals surface area contributed by atoms with E-state index in [-0.39, 0.29) is 0 Å². The summed E-state index contributed by atoms with van der Waals surface area (Å²) in [5.74, 6) is 0.418. The van der Waals surface area contributed by atoms with Crippen LogP contribution in [0.25, 0.3) is 5.69 Å². The van der Waals surface area contributed by atoms with Crippen LogP contribution in [-0.4, -0.2) is 9.55 Å². The summed E-state index contributed by atoms with van der Waals surface area (Å²) in [5, 5.41) is 0.691. The Morgan fingerprint density at radius 2 is 2.20 bits per heavy atom. The van der Waals surface area contributed by atoms with E-state index >= 15 is 0 Å². The molecule has 1 aromatic heterocycles. The Bertz CT molecular complexity index is 482. The van der Waals surface area contributed by atoms with Crippen molar-refractivity contribution in [1.29, 1.82) is 0 Å². The van der Waals surface area contributed by atoms with Gasteiger partial charge in [0, 0.05) is 16.4 Å². The number of benzene rings is 1. The summed E-state index contributed by atoms with van der Waals surface area (Å²) >= 11 is 15.0. The van der Waals surface area contributed by atoms with Gasteiger partial charge in [-0.15, -0.1) is 11.6 Å². The number of hydrogen-bond acceptors (Lipinski definition) is 1. The Balaban J connectivity index is 2.40. The first-order chi connectivity index (χ1) is 7.20. The third-order valence-electron chi connectivity index (χ3n) is 1.97. The highest BCUT2D eigenvalue weighted by Crippen LogP contribution is 2.25. The lowest BCUT2D eigenvalue weighted by atomic mass is 10.3. The first-order valence-corrected chi connectivity index (χ1v) is 5.95. The van der Waals surface area contributed by atoms with E-state index in [1.165, 1.54) is 0 Å². The standard InChI is InChI=1S/C10H7BrCl2N2/c11-9-3-8(1-2-10(9)13)15-5-7(4-12)14-6-15/h1-3,5-6H,4H2. The topological polar surface area (TPSA) is 17.8 Å². The zero-order valence-electron chi connectivity index (χ0n) is 7.62. The van der Waals surface area contributed by atoms with Crippen molar-refractivity contribution in [3.05, 3.63) is 45.9 Å². The highest BCUT2D eigenvalue weighted by Gasteiger charge is 2.02. The average Bonchev–Trinajstić information content (AvgIpc) is 2.70. The van der Waals surface area contributed by atoms with E-state index in [2.05, 4.69) is 20.9 Å². The highest BCUT2D eigenvalue weighted by atomic mass is 79.9. The van der Waals surface area contributed by atoms with Crippen LogP contribution in [0.3, 0.4) is 0 Å². The number of aromatic nitrogens is 2. The third-order valence-corrected chi connectivity index (χ3v) is 3.46. The van der Waals surface area contributed by atoms with Gasteiger partial charge in [0.05, 0.1) is 22.9 Å². The van der Waals surface area contributed by atoms with Crippen LogP contribution >= 0.6 is 39.1 Å². The van der Waals surface area contributed by atoms with E-state index in [4.69, 9.17) is 23.2 Å². The van der Waals surface area contributed by atoms with Gasteiger partial charge in [-0.05, 0) is 34.1 Å². The molecule has 0 saturated heterocycles. The van der Waals surface area contributed by atoms with Crippen LogP contribution in [-0.2, 0) is 5.88 Å². The van der Waals surface area contributed by atoms with Crippen molar-refractivity contribution in [3.8, 4) is 5.69 Å². The number of halogens is 3. The van der Waals surface area contributed by atoms with Crippen molar-refractivity contribution >= 4 is 39.1 Å². The van der Waals surface area contributed by atoms with Crippen LogP contribution < -0.4 is 0 Å². The molecule has 15 heavy (non-hydrogen) atoms. The van der Waals surface area contributed by atoms with Crippen LogP contribution in [0, 0.1) is 0 Å². The first kappa shape index (κ1) is 11.0. The quantitative estimate of drug-likeness (QED) is 0.766. The Labute approximate surface area is 106 Å². The van der Waals surface area contributed by atoms with Crippen molar-refractivity contribution in [2.45, 2.75) is 5.88 Å². The Morgan fingerprint density at radius 1 is 1.40 bits per heavy atom. The van der Waals surface area contributed by atoms with E-state index in [9.17, 15) is 0 Å². The number of alkyl halides is 1. The second kappa shape index (κ2) is 4.56. The molecule has 2 aromatic rings. The maximum absolute atomic E-state index is 5.91. The number of nitrogens with zero attached hydrogens (tertiary/aromatic N) is 2. The number of imidazole rings is 1. The minimum Gasteiger partial charge on any atom is -0.306 e. The second-order valence-corrected chi connectivity index (χ2v) is 4.53. The van der Waals surface area contributed by atoms with Gasteiger partial charge in [0.15, 0.2) is 0 Å². The largest absolute Gasteiger partial charge is 0.306 e. The predicted molar refractivity (Wildman–Crippen MR) is 65.8 cm³/mol. The third kappa shape index (κ3) is 2.36. The Kier molecular flexibility index (Phi) is 3.34. The molecule has 0 aliphatic heterocycles. The summed E-state index contributed by atoms with van der Waals surface area (Å²) in [7, 11) is 0. The second-order valence-electron chi connectivity index (χ2n) is 3.00. The van der Waals surface area contributed by atoms with E-state index in [1.54, 1.807) is 6.33 Å². The normalized spacial score (nSPS) is 10.6. The molecule has 0 bridgehead atoms. The van der Waals surface area contributed by atoms with Crippen molar-refractivity contribution < 1.29 is 0 Å². The molecule has 0 aliphatic carbocycles. The van der Waals surface area contributed by atoms with Crippen molar-refractivity contribution in [2.24, 2.45) is 0 Å². The van der Waals surface area contributed by atoms with Gasteiger partial charge in [0.25, 0.3) is 0 Å². The molecule has 0 radical (unpaired) electrons. The van der Waals surface area contributed by atoms with Crippen LogP contribution in [0.4, 0.5) is 0 Å². The maximum atomic E-state index is 5.91. The molecule has 0 aliphatic rings. The molecule has 1 aromatic carbocycles. The lowest BCUT2D eigenvalue weighted by molar-refractivity contribution is 1.06. The molecule has 5 heteroatoms. The minimum absolute atomic E-state index is 0.418. The van der Waals surface area contributed by atoms with Crippen molar-refractivity contribution in [3.63, 3.8) is 0 Å². The molecule has 0 unspecified atom stereocenters. The van der Waals surface area contributed by atoms with E-state index < -0.39 is 0 Å². The fourth-order valence-electron chi connectivity index (χ4n) is 1.22. The lowest BCUT2D eigenvalue weighted by Gasteiger charge is -2.03. The van der Waals surface area contributed by atoms with E-state index in [0.717, 1.165) is 15.9 Å². The molecule has 0 fully saturated rings. The van der Waals surface area contributed by atoms with Gasteiger partial charge in [-0.1, -0.05) is 11.6 Å². The van der Waals surface area contributed by atoms with E-state index in [1.807, 2.05) is 29.0 Å². The smallest absolute Gasteiger partial charge is 0.0995 e. The summed E-state index contributed by atoms with van der Waals surface area (Å²) in [5.41, 5.74) is 1.85. The maximum Gasteiger partial charge on any atom is 0.0995 e. The lowest BCUT2D eigenvalue weighted by Crippen LogP contribution is -1.89. The Hall–Kier alpha value is -0.510. The summed E-state index contributed by atoms with van der Waals surface area (Å²) in [6.45, 7) is 0. The van der Waals surface area contributed by atoms with Crippen LogP contribution in [0.2, 0.25) is 5.02 Å². The fraction of sp³-hybridized carbons (Fsp3) is 0.100. The molecule has 0 spiro atoms. The molecule has 2 rings (SSSR count). The molecule has 0 amide bonds. The van der Waals surface area contributed by atoms with Gasteiger partial charge >= 0.3 is 0 Å². The van der Waals surface area contributed by atoms with Gasteiger partial charge < -0.3 is 4.57 Å². The van der Waals surface area contributed by atoms with Gasteiger partial charge in [0.1, 0.15) is 0 Å².